The van der Waals surface area contributed by atoms with Crippen molar-refractivity contribution in [2.75, 3.05) is 0 Å². The highest BCUT2D eigenvalue weighted by molar-refractivity contribution is 5.96. The smallest absolute Gasteiger partial charge is 0.325 e. The van der Waals surface area contributed by atoms with Gasteiger partial charge < -0.3 is 37.0 Å². The molecule has 164 valence electrons. The zero-order valence-electron chi connectivity index (χ0n) is 16.2. The van der Waals surface area contributed by atoms with E-state index < -0.39 is 78.6 Å². The van der Waals surface area contributed by atoms with Gasteiger partial charge in [-0.15, -0.1) is 0 Å². The maximum absolute atomic E-state index is 12.5. The molecular weight excluding hydrogens is 392 g/mol. The van der Waals surface area contributed by atoms with Crippen LogP contribution in [-0.4, -0.2) is 75.1 Å². The van der Waals surface area contributed by atoms with Gasteiger partial charge in [-0.3, -0.25) is 28.8 Å². The highest BCUT2D eigenvalue weighted by Gasteiger charge is 2.32. The number of amides is 3. The molecule has 0 aromatic rings. The lowest BCUT2D eigenvalue weighted by molar-refractivity contribution is -0.143. The molecule has 0 saturated carbocycles. The summed E-state index contributed by atoms with van der Waals surface area (Å²) >= 11 is 0. The average molecular weight is 418 g/mol. The summed E-state index contributed by atoms with van der Waals surface area (Å²) in [7, 11) is 0. The maximum atomic E-state index is 12.5. The van der Waals surface area contributed by atoms with Gasteiger partial charge in [0.15, 0.2) is 0 Å². The first kappa shape index (κ1) is 25.8. The largest absolute Gasteiger partial charge is 0.481 e. The second kappa shape index (κ2) is 11.6. The van der Waals surface area contributed by atoms with E-state index in [4.69, 9.17) is 21.1 Å². The molecule has 0 radical (unpaired) electrons. The Morgan fingerprint density at radius 3 is 1.69 bits per heavy atom. The Bertz CT molecular complexity index is 665. The van der Waals surface area contributed by atoms with Gasteiger partial charge in [0.25, 0.3) is 0 Å². The van der Waals surface area contributed by atoms with E-state index >= 15 is 0 Å². The topological polar surface area (TPSA) is 225 Å². The van der Waals surface area contributed by atoms with E-state index in [1.165, 1.54) is 0 Å². The quantitative estimate of drug-likeness (QED) is 0.176. The molecule has 13 nitrogen and oxygen atoms in total. The van der Waals surface area contributed by atoms with Crippen molar-refractivity contribution in [1.82, 2.24) is 16.0 Å². The van der Waals surface area contributed by atoms with Crippen LogP contribution in [0.25, 0.3) is 0 Å². The normalized spacial score (nSPS) is 14.8. The van der Waals surface area contributed by atoms with E-state index in [1.54, 1.807) is 13.8 Å². The first-order chi connectivity index (χ1) is 13.3. The zero-order valence-corrected chi connectivity index (χ0v) is 16.2. The second-order valence-corrected chi connectivity index (χ2v) is 6.66. The van der Waals surface area contributed by atoms with Gasteiger partial charge in [0.2, 0.25) is 17.7 Å². The summed E-state index contributed by atoms with van der Waals surface area (Å²) < 4.78 is 0. The van der Waals surface area contributed by atoms with Gasteiger partial charge in [0.1, 0.15) is 18.1 Å². The summed E-state index contributed by atoms with van der Waals surface area (Å²) in [6.07, 6.45) is -1.50. The number of nitrogens with one attached hydrogen (secondary N) is 3. The number of carboxylic acid groups (broad SMARTS) is 3. The molecular formula is C16H26N4O9. The van der Waals surface area contributed by atoms with Gasteiger partial charge >= 0.3 is 17.9 Å². The zero-order chi connectivity index (χ0) is 22.9. The third-order valence-corrected chi connectivity index (χ3v) is 3.72. The number of rotatable bonds is 12. The van der Waals surface area contributed by atoms with Crippen molar-refractivity contribution in [2.24, 2.45) is 11.7 Å². The maximum Gasteiger partial charge on any atom is 0.325 e. The molecule has 0 aromatic carbocycles. The summed E-state index contributed by atoms with van der Waals surface area (Å²) in [5.74, 6) is -7.50. The van der Waals surface area contributed by atoms with Gasteiger partial charge in [-0.2, -0.15) is 0 Å². The van der Waals surface area contributed by atoms with Crippen LogP contribution in [0.2, 0.25) is 0 Å². The van der Waals surface area contributed by atoms with Crippen LogP contribution in [0.5, 0.6) is 0 Å². The number of carboxylic acids is 3. The Hall–Kier alpha value is -3.22. The molecule has 8 N–H and O–H groups in total. The molecule has 0 aromatic heterocycles. The van der Waals surface area contributed by atoms with Crippen molar-refractivity contribution >= 4 is 35.6 Å². The van der Waals surface area contributed by atoms with Gasteiger partial charge in [-0.05, 0) is 12.8 Å². The summed E-state index contributed by atoms with van der Waals surface area (Å²) in [4.78, 5) is 69.1. The number of hydrogen-bond acceptors (Lipinski definition) is 7. The van der Waals surface area contributed by atoms with E-state index in [2.05, 4.69) is 10.6 Å². The standard InChI is InChI=1S/C16H26N4O9/c1-6(2)12(20-13(25)8(17)4-10(21)22)15(27)19-9(5-11(23)24)14(26)18-7(3)16(28)29/h6-9,12H,4-5,17H2,1-3H3,(H,18,26)(H,19,27)(H,20,25)(H,21,22)(H,23,24)(H,28,29). The van der Waals surface area contributed by atoms with Crippen molar-refractivity contribution < 1.29 is 44.1 Å². The Balaban J connectivity index is 5.31. The summed E-state index contributed by atoms with van der Waals surface area (Å²) in [6.45, 7) is 4.25. The second-order valence-electron chi connectivity index (χ2n) is 6.66. The van der Waals surface area contributed by atoms with Gasteiger partial charge in [0, 0.05) is 0 Å². The van der Waals surface area contributed by atoms with E-state index in [-0.39, 0.29) is 0 Å². The van der Waals surface area contributed by atoms with E-state index in [0.717, 1.165) is 6.92 Å². The number of aliphatic carboxylic acids is 3. The van der Waals surface area contributed by atoms with Crippen LogP contribution in [0, 0.1) is 5.92 Å². The van der Waals surface area contributed by atoms with E-state index in [1.807, 2.05) is 5.32 Å². The Labute approximate surface area is 166 Å². The molecule has 0 heterocycles. The minimum Gasteiger partial charge on any atom is -0.481 e. The van der Waals surface area contributed by atoms with Crippen LogP contribution in [0.1, 0.15) is 33.6 Å². The van der Waals surface area contributed by atoms with E-state index in [0.29, 0.717) is 0 Å². The Morgan fingerprint density at radius 1 is 0.759 bits per heavy atom. The first-order valence-corrected chi connectivity index (χ1v) is 8.59. The molecule has 0 fully saturated rings. The third-order valence-electron chi connectivity index (χ3n) is 3.72. The fourth-order valence-electron chi connectivity index (χ4n) is 2.10. The molecule has 0 aliphatic carbocycles. The molecule has 0 aliphatic heterocycles. The molecule has 0 aliphatic rings. The van der Waals surface area contributed by atoms with Gasteiger partial charge in [0.05, 0.1) is 18.9 Å². The molecule has 4 unspecified atom stereocenters. The van der Waals surface area contributed by atoms with Gasteiger partial charge in [-0.1, -0.05) is 13.8 Å². The highest BCUT2D eigenvalue weighted by Crippen LogP contribution is 2.05. The average Bonchev–Trinajstić information content (AvgIpc) is 2.56. The van der Waals surface area contributed by atoms with Crippen molar-refractivity contribution in [2.45, 2.75) is 57.8 Å². The Morgan fingerprint density at radius 2 is 1.28 bits per heavy atom. The number of carbonyl (C=O) groups is 6. The van der Waals surface area contributed by atoms with Crippen LogP contribution >= 0.6 is 0 Å². The van der Waals surface area contributed by atoms with Crippen LogP contribution in [-0.2, 0) is 28.8 Å². The molecule has 0 spiro atoms. The SMILES string of the molecule is CC(NC(=O)C(CC(=O)O)NC(=O)C(NC(=O)C(N)CC(=O)O)C(C)C)C(=O)O. The predicted octanol–water partition coefficient (Wildman–Crippen LogP) is -2.52. The minimum absolute atomic E-state index is 0.525. The van der Waals surface area contributed by atoms with Crippen molar-refractivity contribution in [3.05, 3.63) is 0 Å². The molecule has 13 heteroatoms. The third kappa shape index (κ3) is 9.51. The number of carbonyl (C=O) groups excluding carboxylic acids is 3. The van der Waals surface area contributed by atoms with Crippen molar-refractivity contribution in [3.63, 3.8) is 0 Å². The molecule has 0 bridgehead atoms. The minimum atomic E-state index is -1.60. The summed E-state index contributed by atoms with van der Waals surface area (Å²) in [6, 6.07) is -5.60. The van der Waals surface area contributed by atoms with Crippen LogP contribution in [0.3, 0.4) is 0 Å². The van der Waals surface area contributed by atoms with Gasteiger partial charge in [-0.25, -0.2) is 0 Å². The van der Waals surface area contributed by atoms with E-state index in [9.17, 15) is 28.8 Å². The lowest BCUT2D eigenvalue weighted by atomic mass is 10.0. The van der Waals surface area contributed by atoms with Crippen molar-refractivity contribution in [1.29, 1.82) is 0 Å². The molecule has 29 heavy (non-hydrogen) atoms. The predicted molar refractivity (Wildman–Crippen MR) is 96.4 cm³/mol. The fraction of sp³-hybridized carbons (Fsp3) is 0.625. The summed E-state index contributed by atoms with van der Waals surface area (Å²) in [5, 5.41) is 32.9. The number of nitrogens with two attached hydrogens (primary N) is 1. The van der Waals surface area contributed by atoms with Crippen LogP contribution < -0.4 is 21.7 Å². The summed E-state index contributed by atoms with van der Waals surface area (Å²) in [5.41, 5.74) is 5.44. The fourth-order valence-corrected chi connectivity index (χ4v) is 2.10. The molecule has 0 rings (SSSR count). The Kier molecular flexibility index (Phi) is 10.3. The van der Waals surface area contributed by atoms with Crippen molar-refractivity contribution in [3.8, 4) is 0 Å². The lowest BCUT2D eigenvalue weighted by Gasteiger charge is -2.26. The lowest BCUT2D eigenvalue weighted by Crippen LogP contribution is -2.58. The van der Waals surface area contributed by atoms with Crippen LogP contribution in [0.15, 0.2) is 0 Å². The van der Waals surface area contributed by atoms with Crippen LogP contribution in [0.4, 0.5) is 0 Å². The molecule has 0 saturated heterocycles. The highest BCUT2D eigenvalue weighted by atomic mass is 16.4. The molecule has 3 amide bonds. The first-order valence-electron chi connectivity index (χ1n) is 8.59. The number of hydrogen-bond donors (Lipinski definition) is 7. The molecule has 4 atom stereocenters. The monoisotopic (exact) mass is 418 g/mol.